The molecule has 4 aliphatic carbocycles. The van der Waals surface area contributed by atoms with Gasteiger partial charge in [-0.25, -0.2) is 8.42 Å². The van der Waals surface area contributed by atoms with E-state index in [-0.39, 0.29) is 65.3 Å². The molecule has 10 nitrogen and oxygen atoms in total. The molecule has 0 aromatic heterocycles. The Morgan fingerprint density at radius 3 is 0.956 bits per heavy atom. The molecular weight excluding hydrogens is 655 g/mol. The van der Waals surface area contributed by atoms with Gasteiger partial charge in [-0.3, -0.25) is 42.5 Å². The van der Waals surface area contributed by atoms with E-state index in [1.807, 2.05) is 0 Å². The molecule has 0 aromatic carbocycles. The van der Waals surface area contributed by atoms with Crippen LogP contribution >= 0.6 is 10.7 Å². The van der Waals surface area contributed by atoms with Gasteiger partial charge in [0.2, 0.25) is 9.05 Å². The molecule has 4 saturated carbocycles. The van der Waals surface area contributed by atoms with Crippen molar-refractivity contribution in [1.82, 2.24) is 42.5 Å². The summed E-state index contributed by atoms with van der Waals surface area (Å²) in [5, 5.41) is 32.2. The van der Waals surface area contributed by atoms with Gasteiger partial charge in [0.05, 0.1) is 54.6 Å². The molecule has 9 aliphatic rings. The van der Waals surface area contributed by atoms with E-state index >= 15 is 0 Å². The van der Waals surface area contributed by atoms with Crippen LogP contribution in [0.15, 0.2) is 0 Å². The fourth-order valence-electron chi connectivity index (χ4n) is 12.3. The molecule has 0 radical (unpaired) electrons. The molecule has 9 rings (SSSR count). The standard InChI is InChI=1S/C32H55ClN8O2S.Ni/c33-44(42,43)23-15-7-14-22-24(23)32-40-30-21-13-6-5-12-20(21)28(38-30)36-26-17-9-2-1-8-16(17)25(34-26)35-27-18-10-3-4-11-19(18)29(37-27)39-31(22)41-32;/h16-32,34-41H,1-15H2;. The van der Waals surface area contributed by atoms with Crippen LogP contribution in [0.4, 0.5) is 0 Å². The minimum Gasteiger partial charge on any atom is -0.286 e. The van der Waals surface area contributed by atoms with E-state index in [1.165, 1.54) is 77.0 Å². The van der Waals surface area contributed by atoms with Crippen LogP contribution in [0, 0.1) is 47.3 Å². The van der Waals surface area contributed by atoms with Crippen LogP contribution in [0.1, 0.15) is 96.3 Å². The first-order chi connectivity index (χ1) is 21.4. The molecule has 0 amide bonds. The first kappa shape index (κ1) is 32.6. The van der Waals surface area contributed by atoms with Crippen LogP contribution in [0.2, 0.25) is 0 Å². The van der Waals surface area contributed by atoms with E-state index in [1.54, 1.807) is 0 Å². The fourth-order valence-corrected chi connectivity index (χ4v) is 14.1. The Hall–Kier alpha value is 0.414. The number of nitrogens with one attached hydrogen (secondary N) is 8. The summed E-state index contributed by atoms with van der Waals surface area (Å²) in [5.41, 5.74) is 0. The van der Waals surface area contributed by atoms with Crippen molar-refractivity contribution in [3.8, 4) is 0 Å². The Balaban J connectivity index is 0.00000300. The van der Waals surface area contributed by atoms with Crippen LogP contribution in [-0.4, -0.2) is 63.0 Å². The van der Waals surface area contributed by atoms with Crippen LogP contribution < -0.4 is 42.5 Å². The maximum absolute atomic E-state index is 13.0. The third-order valence-electron chi connectivity index (χ3n) is 14.2. The molecule has 13 heteroatoms. The number of rotatable bonds is 1. The van der Waals surface area contributed by atoms with Crippen LogP contribution in [0.25, 0.3) is 0 Å². The summed E-state index contributed by atoms with van der Waals surface area (Å²) < 4.78 is 26.1. The van der Waals surface area contributed by atoms with Crippen molar-refractivity contribution in [2.24, 2.45) is 47.3 Å². The van der Waals surface area contributed by atoms with Crippen molar-refractivity contribution in [1.29, 1.82) is 0 Å². The van der Waals surface area contributed by atoms with Gasteiger partial charge in [-0.2, -0.15) is 0 Å². The minimum absolute atomic E-state index is 0. The van der Waals surface area contributed by atoms with Crippen molar-refractivity contribution in [3.63, 3.8) is 0 Å². The summed E-state index contributed by atoms with van der Waals surface area (Å²) in [5.74, 6) is 3.81. The third kappa shape index (κ3) is 5.80. The van der Waals surface area contributed by atoms with Gasteiger partial charge in [-0.15, -0.1) is 0 Å². The van der Waals surface area contributed by atoms with Crippen molar-refractivity contribution < 1.29 is 24.9 Å². The third-order valence-corrected chi connectivity index (χ3v) is 16.2. The first-order valence-corrected chi connectivity index (χ1v) is 20.8. The van der Waals surface area contributed by atoms with Crippen LogP contribution in [-0.2, 0) is 25.5 Å². The summed E-state index contributed by atoms with van der Waals surface area (Å²) in [7, 11) is 2.54. The molecule has 5 aliphatic heterocycles. The topological polar surface area (TPSA) is 130 Å². The van der Waals surface area contributed by atoms with E-state index in [4.69, 9.17) is 10.7 Å². The van der Waals surface area contributed by atoms with Gasteiger partial charge in [0.1, 0.15) is 0 Å². The van der Waals surface area contributed by atoms with Crippen molar-refractivity contribution in [2.75, 3.05) is 0 Å². The Morgan fingerprint density at radius 1 is 0.378 bits per heavy atom. The Kier molecular flexibility index (Phi) is 9.38. The predicted molar refractivity (Wildman–Crippen MR) is 171 cm³/mol. The van der Waals surface area contributed by atoms with Crippen LogP contribution in [0.5, 0.6) is 0 Å². The van der Waals surface area contributed by atoms with Gasteiger partial charge in [0, 0.05) is 33.1 Å². The first-order valence-electron chi connectivity index (χ1n) is 18.4. The average Bonchev–Trinajstić information content (AvgIpc) is 3.76. The second-order valence-electron chi connectivity index (χ2n) is 16.2. The molecule has 8 bridgehead atoms. The van der Waals surface area contributed by atoms with E-state index in [9.17, 15) is 8.42 Å². The molecule has 9 fully saturated rings. The summed E-state index contributed by atoms with van der Waals surface area (Å²) in [6.07, 6.45) is 19.6. The largest absolute Gasteiger partial charge is 0.286 e. The minimum atomic E-state index is -3.68. The van der Waals surface area contributed by atoms with Gasteiger partial charge in [0.25, 0.3) is 0 Å². The molecule has 17 atom stereocenters. The number of hydrogen-bond donors (Lipinski definition) is 8. The average molecular weight is 710 g/mol. The summed E-state index contributed by atoms with van der Waals surface area (Å²) in [4.78, 5) is 0. The summed E-state index contributed by atoms with van der Waals surface area (Å²) >= 11 is 0. The maximum Gasteiger partial charge on any atom is 0.235 e. The summed E-state index contributed by atoms with van der Waals surface area (Å²) in [6.45, 7) is 0. The number of fused-ring (bicyclic) bond motifs is 20. The zero-order chi connectivity index (χ0) is 29.6. The van der Waals surface area contributed by atoms with Crippen LogP contribution in [0.3, 0.4) is 0 Å². The molecular formula is C32H55ClN8NiO2S. The maximum atomic E-state index is 13.0. The van der Waals surface area contributed by atoms with Gasteiger partial charge < -0.3 is 0 Å². The molecule has 17 unspecified atom stereocenters. The van der Waals surface area contributed by atoms with Crippen molar-refractivity contribution in [2.45, 2.75) is 151 Å². The van der Waals surface area contributed by atoms with Gasteiger partial charge in [-0.05, 0) is 92.8 Å². The van der Waals surface area contributed by atoms with E-state index in [0.29, 0.717) is 54.3 Å². The van der Waals surface area contributed by atoms with Crippen molar-refractivity contribution >= 4 is 19.7 Å². The van der Waals surface area contributed by atoms with Gasteiger partial charge in [-0.1, -0.05) is 44.9 Å². The zero-order valence-electron chi connectivity index (χ0n) is 26.3. The van der Waals surface area contributed by atoms with Gasteiger partial charge in [0.15, 0.2) is 0 Å². The second kappa shape index (κ2) is 12.9. The number of halogens is 1. The smallest absolute Gasteiger partial charge is 0.235 e. The Bertz CT molecular complexity index is 1190. The molecule has 8 N–H and O–H groups in total. The summed E-state index contributed by atoms with van der Waals surface area (Å²) in [6, 6.07) is 0. The van der Waals surface area contributed by atoms with Crippen molar-refractivity contribution in [3.05, 3.63) is 0 Å². The molecule has 5 saturated heterocycles. The molecule has 0 aromatic rings. The molecule has 5 heterocycles. The van der Waals surface area contributed by atoms with E-state index in [2.05, 4.69) is 42.5 Å². The second-order valence-corrected chi connectivity index (χ2v) is 19.0. The fraction of sp³-hybridized carbons (Fsp3) is 1.00. The Morgan fingerprint density at radius 2 is 0.644 bits per heavy atom. The van der Waals surface area contributed by atoms with Gasteiger partial charge >= 0.3 is 0 Å². The molecule has 0 spiro atoms. The SMILES string of the molecule is O=S(=O)(Cl)C1CCCC2C3NC4NC(NC5NC(NC6NC(NC(N3)C21)C1CCCCC61)C1CCCCC51)C1CCCCC41.[Ni]. The zero-order valence-corrected chi connectivity index (χ0v) is 28.9. The number of hydrogen-bond acceptors (Lipinski definition) is 10. The Labute approximate surface area is 284 Å². The van der Waals surface area contributed by atoms with E-state index < -0.39 is 14.3 Å². The van der Waals surface area contributed by atoms with E-state index in [0.717, 1.165) is 12.8 Å². The molecule has 258 valence electrons. The predicted octanol–water partition coefficient (Wildman–Crippen LogP) is 2.15. The normalized spacial score (nSPS) is 54.3. The quantitative estimate of drug-likeness (QED) is 0.152. The monoisotopic (exact) mass is 708 g/mol. The molecule has 45 heavy (non-hydrogen) atoms.